The zero-order valence-corrected chi connectivity index (χ0v) is 19.4. The van der Waals surface area contributed by atoms with Crippen LogP contribution in [0.5, 0.6) is 11.5 Å². The van der Waals surface area contributed by atoms with Gasteiger partial charge >= 0.3 is 5.97 Å². The Balaban J connectivity index is 1.44. The molecule has 2 aromatic carbocycles. The van der Waals surface area contributed by atoms with Gasteiger partial charge in [0.05, 0.1) is 13.7 Å². The van der Waals surface area contributed by atoms with Crippen LogP contribution in [0.25, 0.3) is 0 Å². The van der Waals surface area contributed by atoms with Crippen LogP contribution >= 0.6 is 0 Å². The standard InChI is InChI=1S/C26H34N2O5/c1-31-26(30)24-7-2-3-10-28(24)18-21-8-9-25-22(15-21)19-27(11-13-33-25)17-20-5-4-6-23(16-20)32-14-12-29/h4-6,8-9,15-16,24,29H,2-3,7,10-14,17-19H2,1H3/t24-/m1/s1. The van der Waals surface area contributed by atoms with Gasteiger partial charge in [-0.15, -0.1) is 0 Å². The summed E-state index contributed by atoms with van der Waals surface area (Å²) in [5.41, 5.74) is 3.53. The number of benzene rings is 2. The van der Waals surface area contributed by atoms with Crippen LogP contribution in [0.1, 0.15) is 36.0 Å². The predicted molar refractivity (Wildman–Crippen MR) is 125 cm³/mol. The fraction of sp³-hybridized carbons (Fsp3) is 0.500. The number of aliphatic hydroxyl groups is 1. The molecule has 0 amide bonds. The van der Waals surface area contributed by atoms with Gasteiger partial charge in [0, 0.05) is 31.7 Å². The molecule has 1 N–H and O–H groups in total. The van der Waals surface area contributed by atoms with Gasteiger partial charge in [0.2, 0.25) is 0 Å². The molecule has 33 heavy (non-hydrogen) atoms. The van der Waals surface area contributed by atoms with Gasteiger partial charge in [-0.1, -0.05) is 24.6 Å². The number of hydrogen-bond donors (Lipinski definition) is 1. The van der Waals surface area contributed by atoms with Crippen molar-refractivity contribution in [3.8, 4) is 11.5 Å². The van der Waals surface area contributed by atoms with E-state index in [1.54, 1.807) is 0 Å². The molecule has 1 atom stereocenters. The summed E-state index contributed by atoms with van der Waals surface area (Å²) in [6, 6.07) is 14.3. The number of rotatable bonds is 8. The van der Waals surface area contributed by atoms with Crippen LogP contribution in [0, 0.1) is 0 Å². The van der Waals surface area contributed by atoms with Crippen LogP contribution < -0.4 is 9.47 Å². The van der Waals surface area contributed by atoms with Crippen LogP contribution in [-0.4, -0.2) is 66.9 Å². The second kappa shape index (κ2) is 11.5. The smallest absolute Gasteiger partial charge is 0.323 e. The van der Waals surface area contributed by atoms with E-state index in [1.807, 2.05) is 18.2 Å². The average molecular weight is 455 g/mol. The molecule has 0 aromatic heterocycles. The molecule has 4 rings (SSSR count). The summed E-state index contributed by atoms with van der Waals surface area (Å²) in [4.78, 5) is 16.8. The lowest BCUT2D eigenvalue weighted by Gasteiger charge is -2.33. The number of carbonyl (C=O) groups is 1. The summed E-state index contributed by atoms with van der Waals surface area (Å²) in [5.74, 6) is 1.57. The van der Waals surface area contributed by atoms with Crippen molar-refractivity contribution in [1.82, 2.24) is 9.80 Å². The van der Waals surface area contributed by atoms with Crippen molar-refractivity contribution in [1.29, 1.82) is 0 Å². The zero-order valence-electron chi connectivity index (χ0n) is 19.4. The summed E-state index contributed by atoms with van der Waals surface area (Å²) in [5, 5.41) is 8.99. The molecule has 178 valence electrons. The summed E-state index contributed by atoms with van der Waals surface area (Å²) in [6.07, 6.45) is 3.03. The molecular weight excluding hydrogens is 420 g/mol. The molecule has 0 radical (unpaired) electrons. The number of ether oxygens (including phenoxy) is 3. The van der Waals surface area contributed by atoms with E-state index < -0.39 is 0 Å². The van der Waals surface area contributed by atoms with Gasteiger partial charge in [0.15, 0.2) is 0 Å². The van der Waals surface area contributed by atoms with Crippen molar-refractivity contribution >= 4 is 5.97 Å². The van der Waals surface area contributed by atoms with E-state index in [9.17, 15) is 4.79 Å². The van der Waals surface area contributed by atoms with E-state index in [-0.39, 0.29) is 18.6 Å². The third-order valence-electron chi connectivity index (χ3n) is 6.32. The molecule has 1 fully saturated rings. The fourth-order valence-corrected chi connectivity index (χ4v) is 4.71. The number of fused-ring (bicyclic) bond motifs is 1. The van der Waals surface area contributed by atoms with Crippen LogP contribution in [0.3, 0.4) is 0 Å². The van der Waals surface area contributed by atoms with E-state index in [0.29, 0.717) is 13.2 Å². The first-order valence-corrected chi connectivity index (χ1v) is 11.8. The first-order chi connectivity index (χ1) is 16.2. The molecule has 2 heterocycles. The Hall–Kier alpha value is -2.61. The Labute approximate surface area is 195 Å². The number of esters is 1. The van der Waals surface area contributed by atoms with Crippen LogP contribution in [-0.2, 0) is 29.2 Å². The highest BCUT2D eigenvalue weighted by Gasteiger charge is 2.29. The minimum Gasteiger partial charge on any atom is -0.492 e. The number of piperidine rings is 1. The van der Waals surface area contributed by atoms with Gasteiger partial charge in [0.1, 0.15) is 30.8 Å². The van der Waals surface area contributed by atoms with Crippen molar-refractivity contribution in [2.45, 2.75) is 44.9 Å². The van der Waals surface area contributed by atoms with Gasteiger partial charge in [-0.05, 0) is 54.8 Å². The van der Waals surface area contributed by atoms with Crippen LogP contribution in [0.4, 0.5) is 0 Å². The molecule has 7 nitrogen and oxygen atoms in total. The van der Waals surface area contributed by atoms with Gasteiger partial charge in [-0.2, -0.15) is 0 Å². The molecule has 0 bridgehead atoms. The molecule has 2 aliphatic rings. The lowest BCUT2D eigenvalue weighted by molar-refractivity contribution is -0.148. The zero-order chi connectivity index (χ0) is 23.0. The maximum atomic E-state index is 12.2. The number of hydrogen-bond acceptors (Lipinski definition) is 7. The third-order valence-corrected chi connectivity index (χ3v) is 6.32. The number of nitrogens with zero attached hydrogens (tertiary/aromatic N) is 2. The molecule has 0 unspecified atom stereocenters. The highest BCUT2D eigenvalue weighted by molar-refractivity contribution is 5.75. The van der Waals surface area contributed by atoms with Crippen molar-refractivity contribution in [2.75, 3.05) is 40.0 Å². The Morgan fingerprint density at radius 3 is 2.85 bits per heavy atom. The fourth-order valence-electron chi connectivity index (χ4n) is 4.71. The second-order valence-corrected chi connectivity index (χ2v) is 8.73. The first kappa shape index (κ1) is 23.5. The summed E-state index contributed by atoms with van der Waals surface area (Å²) >= 11 is 0. The molecule has 7 heteroatoms. The van der Waals surface area contributed by atoms with Crippen molar-refractivity contribution in [2.24, 2.45) is 0 Å². The van der Waals surface area contributed by atoms with E-state index in [1.165, 1.54) is 23.8 Å². The normalized spacial score (nSPS) is 19.3. The Morgan fingerprint density at radius 2 is 2.00 bits per heavy atom. The van der Waals surface area contributed by atoms with Gasteiger partial charge in [0.25, 0.3) is 0 Å². The van der Waals surface area contributed by atoms with E-state index in [0.717, 1.165) is 63.5 Å². The van der Waals surface area contributed by atoms with E-state index >= 15 is 0 Å². The highest BCUT2D eigenvalue weighted by Crippen LogP contribution is 2.28. The van der Waals surface area contributed by atoms with E-state index in [2.05, 4.69) is 34.1 Å². The van der Waals surface area contributed by atoms with Gasteiger partial charge in [-0.3, -0.25) is 14.6 Å². The molecular formula is C26H34N2O5. The Kier molecular flexibility index (Phi) is 8.20. The quantitative estimate of drug-likeness (QED) is 0.615. The summed E-state index contributed by atoms with van der Waals surface area (Å²) < 4.78 is 16.6. The lowest BCUT2D eigenvalue weighted by Crippen LogP contribution is -2.44. The number of aliphatic hydroxyl groups excluding tert-OH is 1. The Bertz CT molecular complexity index is 935. The summed E-state index contributed by atoms with van der Waals surface area (Å²) in [6.45, 7) is 5.01. The van der Waals surface area contributed by atoms with Gasteiger partial charge in [-0.25, -0.2) is 0 Å². The number of carbonyl (C=O) groups excluding carboxylic acids is 1. The third kappa shape index (κ3) is 6.25. The van der Waals surface area contributed by atoms with Crippen molar-refractivity contribution < 1.29 is 24.1 Å². The molecule has 1 saturated heterocycles. The minimum absolute atomic E-state index is 0.00458. The largest absolute Gasteiger partial charge is 0.492 e. The van der Waals surface area contributed by atoms with Gasteiger partial charge < -0.3 is 19.3 Å². The monoisotopic (exact) mass is 454 g/mol. The first-order valence-electron chi connectivity index (χ1n) is 11.8. The van der Waals surface area contributed by atoms with Crippen LogP contribution in [0.2, 0.25) is 0 Å². The van der Waals surface area contributed by atoms with Crippen molar-refractivity contribution in [3.05, 3.63) is 59.2 Å². The number of likely N-dealkylation sites (tertiary alicyclic amines) is 1. The maximum absolute atomic E-state index is 12.2. The number of methoxy groups -OCH3 is 1. The Morgan fingerprint density at radius 1 is 1.12 bits per heavy atom. The topological polar surface area (TPSA) is 71.5 Å². The van der Waals surface area contributed by atoms with E-state index in [4.69, 9.17) is 19.3 Å². The SMILES string of the molecule is COC(=O)[C@H]1CCCCN1Cc1ccc2c(c1)CN(Cc1cccc(OCCO)c1)CCO2. The van der Waals surface area contributed by atoms with Crippen molar-refractivity contribution in [3.63, 3.8) is 0 Å². The maximum Gasteiger partial charge on any atom is 0.323 e. The molecule has 2 aromatic rings. The van der Waals surface area contributed by atoms with Crippen LogP contribution in [0.15, 0.2) is 42.5 Å². The highest BCUT2D eigenvalue weighted by atomic mass is 16.5. The predicted octanol–water partition coefficient (Wildman–Crippen LogP) is 2.98. The second-order valence-electron chi connectivity index (χ2n) is 8.73. The molecule has 0 saturated carbocycles. The molecule has 2 aliphatic heterocycles. The average Bonchev–Trinajstić information content (AvgIpc) is 3.04. The molecule has 0 aliphatic carbocycles. The minimum atomic E-state index is -0.157. The lowest BCUT2D eigenvalue weighted by atomic mass is 10.0. The molecule has 0 spiro atoms. The summed E-state index contributed by atoms with van der Waals surface area (Å²) in [7, 11) is 1.47.